The molecule has 1 aliphatic rings. The molecular weight excluding hydrogens is 234 g/mol. The number of unbranched alkanes of at least 4 members (excludes halogenated alkanes) is 1. The van der Waals surface area contributed by atoms with Gasteiger partial charge in [0.25, 0.3) is 0 Å². The average Bonchev–Trinajstić information content (AvgIpc) is 2.62. The van der Waals surface area contributed by atoms with Crippen LogP contribution in [0.2, 0.25) is 0 Å². The van der Waals surface area contributed by atoms with Gasteiger partial charge >= 0.3 is 9.53 Å². The van der Waals surface area contributed by atoms with Crippen molar-refractivity contribution in [2.45, 2.75) is 38.5 Å². The second-order valence-electron chi connectivity index (χ2n) is 4.47. The van der Waals surface area contributed by atoms with E-state index in [1.54, 1.807) is 14.2 Å². The lowest BCUT2D eigenvalue weighted by atomic mass is 10.2. The van der Waals surface area contributed by atoms with E-state index >= 15 is 0 Å². The van der Waals surface area contributed by atoms with E-state index in [2.05, 4.69) is 4.90 Å². The number of hydrogen-bond acceptors (Lipinski definition) is 4. The summed E-state index contributed by atoms with van der Waals surface area (Å²) in [6, 6.07) is 0. The first-order chi connectivity index (χ1) is 8.36. The lowest BCUT2D eigenvalue weighted by molar-refractivity contribution is 0.131. The Balaban J connectivity index is 1.95. The third-order valence-electron chi connectivity index (χ3n) is 3.12. The quantitative estimate of drug-likeness (QED) is 0.493. The van der Waals surface area contributed by atoms with E-state index < -0.39 is 9.53 Å². The van der Waals surface area contributed by atoms with Crippen molar-refractivity contribution < 1.29 is 13.3 Å². The van der Waals surface area contributed by atoms with E-state index in [1.165, 1.54) is 51.7 Å². The molecule has 0 amide bonds. The minimum absolute atomic E-state index is 0.754. The van der Waals surface area contributed by atoms with Crippen LogP contribution >= 0.6 is 0 Å². The summed E-state index contributed by atoms with van der Waals surface area (Å²) in [5, 5.41) is 0. The predicted molar refractivity (Wildman–Crippen MR) is 69.9 cm³/mol. The molecule has 17 heavy (non-hydrogen) atoms. The van der Waals surface area contributed by atoms with Crippen molar-refractivity contribution in [2.24, 2.45) is 0 Å². The third-order valence-corrected chi connectivity index (χ3v) is 4.23. The summed E-state index contributed by atoms with van der Waals surface area (Å²) in [4.78, 5) is 2.59. The minimum Gasteiger partial charge on any atom is -0.375 e. The van der Waals surface area contributed by atoms with E-state index in [1.807, 2.05) is 0 Å². The predicted octanol–water partition coefficient (Wildman–Crippen LogP) is 1.94. The van der Waals surface area contributed by atoms with Gasteiger partial charge in [0.2, 0.25) is 0 Å². The Kier molecular flexibility index (Phi) is 8.91. The normalized spacial score (nSPS) is 18.5. The standard InChI is InChI=1S/C12H26NO3Si/c1-14-17(15-2)16-12-8-7-11-13-9-5-3-4-6-10-13/h3-12H2,1-2H3. The van der Waals surface area contributed by atoms with Crippen molar-refractivity contribution in [1.29, 1.82) is 0 Å². The topological polar surface area (TPSA) is 30.9 Å². The number of hydrogen-bond donors (Lipinski definition) is 0. The summed E-state index contributed by atoms with van der Waals surface area (Å²) in [5.74, 6) is 0. The molecule has 1 rings (SSSR count). The minimum atomic E-state index is -1.45. The highest BCUT2D eigenvalue weighted by molar-refractivity contribution is 6.36. The molecule has 0 aliphatic carbocycles. The number of nitrogens with zero attached hydrogens (tertiary/aromatic N) is 1. The molecule has 5 heteroatoms. The van der Waals surface area contributed by atoms with Crippen molar-refractivity contribution in [2.75, 3.05) is 40.5 Å². The molecule has 0 saturated carbocycles. The lowest BCUT2D eigenvalue weighted by Gasteiger charge is -2.19. The molecule has 0 bridgehead atoms. The first kappa shape index (κ1) is 15.1. The van der Waals surface area contributed by atoms with Gasteiger partial charge in [0.1, 0.15) is 0 Å². The molecule has 101 valence electrons. The second-order valence-corrected chi connectivity index (χ2v) is 6.07. The summed E-state index contributed by atoms with van der Waals surface area (Å²) >= 11 is 0. The fourth-order valence-electron chi connectivity index (χ4n) is 2.15. The highest BCUT2D eigenvalue weighted by Crippen LogP contribution is 2.10. The largest absolute Gasteiger partial charge is 0.577 e. The van der Waals surface area contributed by atoms with Crippen LogP contribution in [0.5, 0.6) is 0 Å². The molecule has 0 aromatic rings. The summed E-state index contributed by atoms with van der Waals surface area (Å²) < 4.78 is 15.6. The van der Waals surface area contributed by atoms with E-state index in [4.69, 9.17) is 13.3 Å². The van der Waals surface area contributed by atoms with Gasteiger partial charge in [-0.1, -0.05) is 12.8 Å². The van der Waals surface area contributed by atoms with Gasteiger partial charge in [0.15, 0.2) is 0 Å². The van der Waals surface area contributed by atoms with Crippen LogP contribution in [-0.4, -0.2) is 54.9 Å². The van der Waals surface area contributed by atoms with Gasteiger partial charge in [-0.05, 0) is 45.3 Å². The fourth-order valence-corrected chi connectivity index (χ4v) is 2.87. The van der Waals surface area contributed by atoms with Crippen molar-refractivity contribution in [3.8, 4) is 0 Å². The van der Waals surface area contributed by atoms with Gasteiger partial charge in [-0.25, -0.2) is 0 Å². The molecule has 0 spiro atoms. The van der Waals surface area contributed by atoms with Crippen molar-refractivity contribution in [3.63, 3.8) is 0 Å². The zero-order valence-electron chi connectivity index (χ0n) is 11.2. The molecule has 0 aromatic heterocycles. The maximum absolute atomic E-state index is 5.49. The fraction of sp³-hybridized carbons (Fsp3) is 1.00. The van der Waals surface area contributed by atoms with Crippen molar-refractivity contribution >= 4 is 9.53 Å². The van der Waals surface area contributed by atoms with Crippen LogP contribution in [0.4, 0.5) is 0 Å². The zero-order valence-corrected chi connectivity index (χ0v) is 12.2. The molecule has 1 saturated heterocycles. The van der Waals surface area contributed by atoms with Gasteiger partial charge in [-0.2, -0.15) is 0 Å². The first-order valence-electron chi connectivity index (χ1n) is 6.67. The lowest BCUT2D eigenvalue weighted by Crippen LogP contribution is -2.27. The summed E-state index contributed by atoms with van der Waals surface area (Å²) in [7, 11) is 1.82. The van der Waals surface area contributed by atoms with Crippen LogP contribution in [-0.2, 0) is 13.3 Å². The van der Waals surface area contributed by atoms with Crippen molar-refractivity contribution in [3.05, 3.63) is 0 Å². The second kappa shape index (κ2) is 10.0. The SMILES string of the molecule is CO[Si](OC)OCCCCN1CCCCCC1. The van der Waals surface area contributed by atoms with E-state index in [9.17, 15) is 0 Å². The van der Waals surface area contributed by atoms with E-state index in [0.717, 1.165) is 13.0 Å². The van der Waals surface area contributed by atoms with Crippen LogP contribution in [0.15, 0.2) is 0 Å². The maximum atomic E-state index is 5.49. The Morgan fingerprint density at radius 1 is 0.941 bits per heavy atom. The first-order valence-corrected chi connectivity index (χ1v) is 7.89. The molecule has 0 atom stereocenters. The molecule has 0 unspecified atom stereocenters. The summed E-state index contributed by atoms with van der Waals surface area (Å²) in [5.41, 5.74) is 0. The van der Waals surface area contributed by atoms with Crippen LogP contribution in [0.1, 0.15) is 38.5 Å². The molecule has 1 radical (unpaired) electrons. The Morgan fingerprint density at radius 2 is 1.59 bits per heavy atom. The highest BCUT2D eigenvalue weighted by Gasteiger charge is 2.14. The molecule has 1 aliphatic heterocycles. The Hall–Kier alpha value is 0.0569. The number of rotatable bonds is 8. The van der Waals surface area contributed by atoms with Gasteiger partial charge in [-0.15, -0.1) is 0 Å². The summed E-state index contributed by atoms with van der Waals surface area (Å²) in [6.45, 7) is 4.54. The Bertz CT molecular complexity index is 171. The van der Waals surface area contributed by atoms with Crippen LogP contribution in [0, 0.1) is 0 Å². The average molecular weight is 260 g/mol. The monoisotopic (exact) mass is 260 g/mol. The highest BCUT2D eigenvalue weighted by atomic mass is 28.3. The van der Waals surface area contributed by atoms with Gasteiger partial charge < -0.3 is 18.2 Å². The van der Waals surface area contributed by atoms with Gasteiger partial charge in [0.05, 0.1) is 0 Å². The maximum Gasteiger partial charge on any atom is 0.577 e. The Labute approximate surface area is 107 Å². The third kappa shape index (κ3) is 7.16. The van der Waals surface area contributed by atoms with Crippen molar-refractivity contribution in [1.82, 2.24) is 4.90 Å². The van der Waals surface area contributed by atoms with Gasteiger partial charge in [-0.3, -0.25) is 0 Å². The molecule has 0 aromatic carbocycles. The van der Waals surface area contributed by atoms with Crippen LogP contribution < -0.4 is 0 Å². The Morgan fingerprint density at radius 3 is 2.18 bits per heavy atom. The van der Waals surface area contributed by atoms with Gasteiger partial charge in [0, 0.05) is 20.8 Å². The zero-order chi connectivity index (χ0) is 12.3. The van der Waals surface area contributed by atoms with E-state index in [-0.39, 0.29) is 0 Å². The van der Waals surface area contributed by atoms with Crippen LogP contribution in [0.25, 0.3) is 0 Å². The summed E-state index contributed by atoms with van der Waals surface area (Å²) in [6.07, 6.45) is 7.87. The molecule has 4 nitrogen and oxygen atoms in total. The number of likely N-dealkylation sites (tertiary alicyclic amines) is 1. The molecule has 1 fully saturated rings. The smallest absolute Gasteiger partial charge is 0.375 e. The van der Waals surface area contributed by atoms with Crippen LogP contribution in [0.3, 0.4) is 0 Å². The molecular formula is C12H26NO3Si. The van der Waals surface area contributed by atoms with E-state index in [0.29, 0.717) is 0 Å². The molecule has 0 N–H and O–H groups in total. The molecule has 1 heterocycles.